The molecular formula is C14H24N2O3. The molecule has 2 aliphatic carbocycles. The molecule has 0 heterocycles. The average Bonchev–Trinajstić information content (AvgIpc) is 2.77. The van der Waals surface area contributed by atoms with Crippen molar-refractivity contribution >= 4 is 11.8 Å². The first-order valence-corrected chi connectivity index (χ1v) is 7.31. The van der Waals surface area contributed by atoms with Crippen molar-refractivity contribution in [1.29, 1.82) is 0 Å². The molecule has 2 atom stereocenters. The van der Waals surface area contributed by atoms with Crippen LogP contribution in [0.1, 0.15) is 57.8 Å². The Morgan fingerprint density at radius 1 is 1.16 bits per heavy atom. The Morgan fingerprint density at radius 3 is 2.47 bits per heavy atom. The van der Waals surface area contributed by atoms with Gasteiger partial charge in [-0.2, -0.15) is 0 Å². The summed E-state index contributed by atoms with van der Waals surface area (Å²) in [6.45, 7) is 0. The summed E-state index contributed by atoms with van der Waals surface area (Å²) >= 11 is 0. The lowest BCUT2D eigenvalue weighted by molar-refractivity contribution is -0.129. The van der Waals surface area contributed by atoms with Crippen LogP contribution in [0, 0.1) is 5.92 Å². The number of nitrogens with two attached hydrogens (primary N) is 1. The van der Waals surface area contributed by atoms with Gasteiger partial charge in [0.25, 0.3) is 0 Å². The van der Waals surface area contributed by atoms with Crippen LogP contribution >= 0.6 is 0 Å². The molecule has 19 heavy (non-hydrogen) atoms. The van der Waals surface area contributed by atoms with Crippen molar-refractivity contribution in [3.05, 3.63) is 0 Å². The van der Waals surface area contributed by atoms with E-state index in [4.69, 9.17) is 5.73 Å². The van der Waals surface area contributed by atoms with E-state index in [1.165, 1.54) is 0 Å². The summed E-state index contributed by atoms with van der Waals surface area (Å²) in [5, 5.41) is 13.2. The Morgan fingerprint density at radius 2 is 1.84 bits per heavy atom. The van der Waals surface area contributed by atoms with E-state index in [-0.39, 0.29) is 30.2 Å². The lowest BCUT2D eigenvalue weighted by Crippen LogP contribution is -2.45. The zero-order valence-electron chi connectivity index (χ0n) is 11.4. The number of hydrogen-bond donors (Lipinski definition) is 3. The Bertz CT molecular complexity index is 351. The zero-order chi connectivity index (χ0) is 13.9. The van der Waals surface area contributed by atoms with Gasteiger partial charge < -0.3 is 16.2 Å². The minimum atomic E-state index is -0.844. The Labute approximate surface area is 113 Å². The van der Waals surface area contributed by atoms with E-state index in [9.17, 15) is 14.7 Å². The normalized spacial score (nSPS) is 29.9. The standard InChI is InChI=1S/C14H24N2O3/c15-13(18)10-5-4-6-11(10)16-12(17)9-14(19)7-2-1-3-8-14/h10-11,19H,1-9H2,(H2,15,18)(H,16,17). The van der Waals surface area contributed by atoms with Gasteiger partial charge in [0.15, 0.2) is 0 Å². The van der Waals surface area contributed by atoms with Gasteiger partial charge in [-0.05, 0) is 25.7 Å². The molecule has 0 aliphatic heterocycles. The first-order valence-electron chi connectivity index (χ1n) is 7.31. The second-order valence-corrected chi connectivity index (χ2v) is 6.08. The third kappa shape index (κ3) is 3.69. The van der Waals surface area contributed by atoms with Crippen molar-refractivity contribution in [2.24, 2.45) is 11.7 Å². The SMILES string of the molecule is NC(=O)C1CCCC1NC(=O)CC1(O)CCCCC1. The third-order valence-corrected chi connectivity index (χ3v) is 4.50. The summed E-state index contributed by atoms with van der Waals surface area (Å²) < 4.78 is 0. The highest BCUT2D eigenvalue weighted by atomic mass is 16.3. The number of rotatable bonds is 4. The molecule has 108 valence electrons. The molecule has 5 nitrogen and oxygen atoms in total. The van der Waals surface area contributed by atoms with Gasteiger partial charge in [0.1, 0.15) is 0 Å². The predicted octanol–water partition coefficient (Wildman–Crippen LogP) is 0.842. The molecule has 0 saturated heterocycles. The molecule has 0 aromatic heterocycles. The van der Waals surface area contributed by atoms with Crippen LogP contribution in [0.5, 0.6) is 0 Å². The van der Waals surface area contributed by atoms with E-state index in [0.717, 1.165) is 38.5 Å². The summed E-state index contributed by atoms with van der Waals surface area (Å²) in [7, 11) is 0. The van der Waals surface area contributed by atoms with Crippen LogP contribution in [0.2, 0.25) is 0 Å². The molecule has 2 fully saturated rings. The van der Waals surface area contributed by atoms with Crippen LogP contribution in [-0.4, -0.2) is 28.6 Å². The summed E-state index contributed by atoms with van der Waals surface area (Å²) in [6.07, 6.45) is 7.12. The Balaban J connectivity index is 1.85. The maximum Gasteiger partial charge on any atom is 0.223 e. The number of carbonyl (C=O) groups excluding carboxylic acids is 2. The second-order valence-electron chi connectivity index (χ2n) is 6.08. The van der Waals surface area contributed by atoms with E-state index in [1.54, 1.807) is 0 Å². The quantitative estimate of drug-likeness (QED) is 0.705. The van der Waals surface area contributed by atoms with Crippen LogP contribution in [0.25, 0.3) is 0 Å². The van der Waals surface area contributed by atoms with E-state index < -0.39 is 5.60 Å². The van der Waals surface area contributed by atoms with Gasteiger partial charge in [-0.1, -0.05) is 25.7 Å². The minimum absolute atomic E-state index is 0.141. The predicted molar refractivity (Wildman–Crippen MR) is 71.1 cm³/mol. The minimum Gasteiger partial charge on any atom is -0.389 e. The smallest absolute Gasteiger partial charge is 0.223 e. The molecule has 2 amide bonds. The lowest BCUT2D eigenvalue weighted by Gasteiger charge is -2.32. The van der Waals surface area contributed by atoms with Crippen molar-refractivity contribution in [3.63, 3.8) is 0 Å². The highest BCUT2D eigenvalue weighted by Gasteiger charge is 2.36. The largest absolute Gasteiger partial charge is 0.389 e. The second kappa shape index (κ2) is 5.90. The van der Waals surface area contributed by atoms with Crippen molar-refractivity contribution in [1.82, 2.24) is 5.32 Å². The van der Waals surface area contributed by atoms with E-state index in [1.807, 2.05) is 0 Å². The maximum atomic E-state index is 12.0. The Kier molecular flexibility index (Phi) is 4.45. The molecule has 5 heteroatoms. The van der Waals surface area contributed by atoms with Crippen molar-refractivity contribution in [2.75, 3.05) is 0 Å². The van der Waals surface area contributed by atoms with Crippen LogP contribution in [0.4, 0.5) is 0 Å². The molecule has 2 saturated carbocycles. The number of carbonyl (C=O) groups is 2. The van der Waals surface area contributed by atoms with E-state index in [2.05, 4.69) is 5.32 Å². The monoisotopic (exact) mass is 268 g/mol. The molecule has 2 aliphatic rings. The highest BCUT2D eigenvalue weighted by Crippen LogP contribution is 2.31. The molecule has 0 aromatic carbocycles. The van der Waals surface area contributed by atoms with Crippen LogP contribution in [-0.2, 0) is 9.59 Å². The van der Waals surface area contributed by atoms with Crippen LogP contribution < -0.4 is 11.1 Å². The van der Waals surface area contributed by atoms with Gasteiger partial charge in [-0.3, -0.25) is 9.59 Å². The summed E-state index contributed by atoms with van der Waals surface area (Å²) in [5.41, 5.74) is 4.49. The van der Waals surface area contributed by atoms with Gasteiger partial charge in [0.05, 0.1) is 17.9 Å². The fourth-order valence-electron chi connectivity index (χ4n) is 3.42. The van der Waals surface area contributed by atoms with Crippen LogP contribution in [0.3, 0.4) is 0 Å². The van der Waals surface area contributed by atoms with Crippen LogP contribution in [0.15, 0.2) is 0 Å². The molecule has 4 N–H and O–H groups in total. The summed E-state index contributed by atoms with van der Waals surface area (Å²) in [6, 6.07) is -0.141. The molecule has 0 radical (unpaired) electrons. The van der Waals surface area contributed by atoms with E-state index >= 15 is 0 Å². The Hall–Kier alpha value is -1.10. The van der Waals surface area contributed by atoms with Crippen molar-refractivity contribution in [3.8, 4) is 0 Å². The van der Waals surface area contributed by atoms with Crippen molar-refractivity contribution < 1.29 is 14.7 Å². The molecule has 0 aromatic rings. The number of amides is 2. The first-order chi connectivity index (χ1) is 9.00. The summed E-state index contributed by atoms with van der Waals surface area (Å²) in [4.78, 5) is 23.3. The average molecular weight is 268 g/mol. The molecule has 2 rings (SSSR count). The molecular weight excluding hydrogens is 244 g/mol. The third-order valence-electron chi connectivity index (χ3n) is 4.50. The van der Waals surface area contributed by atoms with E-state index in [0.29, 0.717) is 12.8 Å². The molecule has 0 bridgehead atoms. The summed E-state index contributed by atoms with van der Waals surface area (Å²) in [5.74, 6) is -0.730. The number of aliphatic hydroxyl groups is 1. The first kappa shape index (κ1) is 14.3. The van der Waals surface area contributed by atoms with Gasteiger partial charge in [0, 0.05) is 6.04 Å². The fourth-order valence-corrected chi connectivity index (χ4v) is 3.42. The number of nitrogens with one attached hydrogen (secondary N) is 1. The van der Waals surface area contributed by atoms with Gasteiger partial charge in [-0.15, -0.1) is 0 Å². The molecule has 0 spiro atoms. The molecule has 2 unspecified atom stereocenters. The number of primary amides is 1. The zero-order valence-corrected chi connectivity index (χ0v) is 11.4. The van der Waals surface area contributed by atoms with Gasteiger partial charge in [-0.25, -0.2) is 0 Å². The van der Waals surface area contributed by atoms with Crippen molar-refractivity contribution in [2.45, 2.75) is 69.4 Å². The van der Waals surface area contributed by atoms with Gasteiger partial charge >= 0.3 is 0 Å². The fraction of sp³-hybridized carbons (Fsp3) is 0.857. The highest BCUT2D eigenvalue weighted by molar-refractivity contribution is 5.81. The topological polar surface area (TPSA) is 92.4 Å². The van der Waals surface area contributed by atoms with Gasteiger partial charge in [0.2, 0.25) is 11.8 Å². The maximum absolute atomic E-state index is 12.0. The number of hydrogen-bond acceptors (Lipinski definition) is 3. The lowest BCUT2D eigenvalue weighted by atomic mass is 9.82.